The predicted molar refractivity (Wildman–Crippen MR) is 86.0 cm³/mol. The van der Waals surface area contributed by atoms with Gasteiger partial charge in [0, 0.05) is 31.2 Å². The van der Waals surface area contributed by atoms with E-state index in [1.807, 2.05) is 13.8 Å². The summed E-state index contributed by atoms with van der Waals surface area (Å²) in [5, 5.41) is 3.25. The molecule has 1 amide bonds. The molecule has 0 aliphatic carbocycles. The van der Waals surface area contributed by atoms with Crippen LogP contribution in [0.5, 0.6) is 5.75 Å². The van der Waals surface area contributed by atoms with E-state index in [2.05, 4.69) is 5.32 Å². The third-order valence-electron chi connectivity index (χ3n) is 3.90. The van der Waals surface area contributed by atoms with E-state index in [1.165, 1.54) is 6.07 Å². The highest BCUT2D eigenvalue weighted by atomic mass is 19.1. The summed E-state index contributed by atoms with van der Waals surface area (Å²) in [5.74, 6) is 0.196. The highest BCUT2D eigenvalue weighted by Gasteiger charge is 2.26. The second-order valence-corrected chi connectivity index (χ2v) is 5.62. The topological polar surface area (TPSA) is 50.8 Å². The Labute approximate surface area is 136 Å². The molecular formula is C17H25FN2O3. The Hall–Kier alpha value is -1.82. The number of amides is 1. The van der Waals surface area contributed by atoms with Gasteiger partial charge in [0.25, 0.3) is 0 Å². The molecule has 2 rings (SSSR count). The second kappa shape index (κ2) is 8.72. The maximum Gasteiger partial charge on any atom is 0.410 e. The Kier molecular flexibility index (Phi) is 6.65. The van der Waals surface area contributed by atoms with Crippen LogP contribution in [-0.4, -0.2) is 43.3 Å². The molecule has 1 aliphatic rings. The van der Waals surface area contributed by atoms with Crippen LogP contribution in [0.1, 0.15) is 32.3 Å². The average molecular weight is 324 g/mol. The van der Waals surface area contributed by atoms with E-state index in [0.29, 0.717) is 24.5 Å². The van der Waals surface area contributed by atoms with Crippen LogP contribution in [0.2, 0.25) is 0 Å². The molecule has 1 aromatic rings. The van der Waals surface area contributed by atoms with Crippen LogP contribution in [-0.2, 0) is 11.3 Å². The van der Waals surface area contributed by atoms with Crippen LogP contribution in [0.25, 0.3) is 0 Å². The molecule has 1 atom stereocenters. The highest BCUT2D eigenvalue weighted by molar-refractivity contribution is 5.68. The molecule has 0 spiro atoms. The Morgan fingerprint density at radius 3 is 3.00 bits per heavy atom. The zero-order valence-electron chi connectivity index (χ0n) is 13.8. The van der Waals surface area contributed by atoms with Gasteiger partial charge in [-0.15, -0.1) is 0 Å². The first-order chi connectivity index (χ1) is 11.2. The molecule has 0 radical (unpaired) electrons. The number of hydrogen-bond acceptors (Lipinski definition) is 4. The van der Waals surface area contributed by atoms with Crippen molar-refractivity contribution in [1.29, 1.82) is 0 Å². The number of nitrogens with zero attached hydrogens (tertiary/aromatic N) is 1. The van der Waals surface area contributed by atoms with E-state index in [-0.39, 0.29) is 12.6 Å². The van der Waals surface area contributed by atoms with E-state index >= 15 is 0 Å². The largest absolute Gasteiger partial charge is 0.494 e. The molecule has 1 saturated heterocycles. The molecule has 0 saturated carbocycles. The fraction of sp³-hybridized carbons (Fsp3) is 0.588. The van der Waals surface area contributed by atoms with Gasteiger partial charge in [0.15, 0.2) is 0 Å². The van der Waals surface area contributed by atoms with E-state index in [0.717, 1.165) is 25.9 Å². The molecular weight excluding hydrogens is 299 g/mol. The highest BCUT2D eigenvalue weighted by Crippen LogP contribution is 2.19. The Morgan fingerprint density at radius 1 is 1.43 bits per heavy atom. The Bertz CT molecular complexity index is 525. The summed E-state index contributed by atoms with van der Waals surface area (Å²) in [6, 6.07) is 4.64. The lowest BCUT2D eigenvalue weighted by molar-refractivity contribution is 0.0706. The minimum atomic E-state index is -0.394. The molecule has 1 aromatic carbocycles. The van der Waals surface area contributed by atoms with Crippen LogP contribution in [0.4, 0.5) is 9.18 Å². The summed E-state index contributed by atoms with van der Waals surface area (Å²) >= 11 is 0. The first kappa shape index (κ1) is 17.5. The zero-order valence-corrected chi connectivity index (χ0v) is 13.8. The van der Waals surface area contributed by atoms with E-state index in [9.17, 15) is 9.18 Å². The minimum absolute atomic E-state index is 0.0889. The normalized spacial score (nSPS) is 17.9. The molecule has 0 aromatic heterocycles. The van der Waals surface area contributed by atoms with Crippen molar-refractivity contribution < 1.29 is 18.7 Å². The van der Waals surface area contributed by atoms with E-state index < -0.39 is 11.9 Å². The molecule has 128 valence electrons. The van der Waals surface area contributed by atoms with E-state index in [1.54, 1.807) is 17.0 Å². The van der Waals surface area contributed by atoms with E-state index in [4.69, 9.17) is 9.47 Å². The van der Waals surface area contributed by atoms with Gasteiger partial charge >= 0.3 is 6.09 Å². The number of carbonyl (C=O) groups excluding carboxylic acids is 1. The lowest BCUT2D eigenvalue weighted by Gasteiger charge is -2.34. The van der Waals surface area contributed by atoms with Gasteiger partial charge in [-0.05, 0) is 31.0 Å². The zero-order chi connectivity index (χ0) is 16.7. The van der Waals surface area contributed by atoms with Gasteiger partial charge in [-0.25, -0.2) is 9.18 Å². The summed E-state index contributed by atoms with van der Waals surface area (Å²) in [4.78, 5) is 13.9. The third-order valence-corrected chi connectivity index (χ3v) is 3.90. The van der Waals surface area contributed by atoms with Gasteiger partial charge in [0.05, 0.1) is 6.61 Å². The molecule has 1 aliphatic heterocycles. The van der Waals surface area contributed by atoms with Gasteiger partial charge in [-0.3, -0.25) is 0 Å². The predicted octanol–water partition coefficient (Wildman–Crippen LogP) is 2.93. The molecule has 1 N–H and O–H groups in total. The summed E-state index contributed by atoms with van der Waals surface area (Å²) in [5.41, 5.74) is 0.329. The van der Waals surface area contributed by atoms with Crippen molar-refractivity contribution in [2.24, 2.45) is 0 Å². The number of ether oxygens (including phenoxy) is 2. The van der Waals surface area contributed by atoms with Crippen LogP contribution in [0, 0.1) is 5.82 Å². The number of hydrogen-bond donors (Lipinski definition) is 1. The molecule has 1 fully saturated rings. The number of halogens is 1. The van der Waals surface area contributed by atoms with Crippen LogP contribution >= 0.6 is 0 Å². The van der Waals surface area contributed by atoms with Crippen molar-refractivity contribution in [2.45, 2.75) is 39.3 Å². The van der Waals surface area contributed by atoms with Crippen molar-refractivity contribution in [3.8, 4) is 5.75 Å². The minimum Gasteiger partial charge on any atom is -0.494 e. The molecule has 5 nitrogen and oxygen atoms in total. The van der Waals surface area contributed by atoms with Crippen LogP contribution in [0.3, 0.4) is 0 Å². The van der Waals surface area contributed by atoms with Crippen LogP contribution < -0.4 is 10.1 Å². The molecule has 1 heterocycles. The Balaban J connectivity index is 1.95. The smallest absolute Gasteiger partial charge is 0.410 e. The van der Waals surface area contributed by atoms with Crippen molar-refractivity contribution in [1.82, 2.24) is 10.2 Å². The van der Waals surface area contributed by atoms with Gasteiger partial charge in [0.2, 0.25) is 0 Å². The van der Waals surface area contributed by atoms with Crippen molar-refractivity contribution >= 4 is 6.09 Å². The molecule has 0 bridgehead atoms. The SMILES string of the molecule is CCCOc1ccc(F)c(COC(=O)N2CCNCC2CC)c1. The summed E-state index contributed by atoms with van der Waals surface area (Å²) in [7, 11) is 0. The lowest BCUT2D eigenvalue weighted by atomic mass is 10.1. The van der Waals surface area contributed by atoms with Crippen molar-refractivity contribution in [3.05, 3.63) is 29.6 Å². The van der Waals surface area contributed by atoms with Crippen molar-refractivity contribution in [3.63, 3.8) is 0 Å². The quantitative estimate of drug-likeness (QED) is 0.874. The average Bonchev–Trinajstić information content (AvgIpc) is 2.59. The molecule has 23 heavy (non-hydrogen) atoms. The maximum absolute atomic E-state index is 13.9. The summed E-state index contributed by atoms with van der Waals surface area (Å²) in [6.07, 6.45) is 1.34. The number of carbonyl (C=O) groups is 1. The van der Waals surface area contributed by atoms with Crippen LogP contribution in [0.15, 0.2) is 18.2 Å². The first-order valence-electron chi connectivity index (χ1n) is 8.21. The van der Waals surface area contributed by atoms with Gasteiger partial charge in [0.1, 0.15) is 18.2 Å². The fourth-order valence-corrected chi connectivity index (χ4v) is 2.56. The summed E-state index contributed by atoms with van der Waals surface area (Å²) in [6.45, 7) is 6.65. The summed E-state index contributed by atoms with van der Waals surface area (Å²) < 4.78 is 24.6. The van der Waals surface area contributed by atoms with Gasteiger partial charge in [-0.2, -0.15) is 0 Å². The van der Waals surface area contributed by atoms with Crippen molar-refractivity contribution in [2.75, 3.05) is 26.2 Å². The maximum atomic E-state index is 13.9. The van der Waals surface area contributed by atoms with Gasteiger partial charge < -0.3 is 19.7 Å². The standard InChI is InChI=1S/C17H25FN2O3/c1-3-9-22-15-5-6-16(18)13(10-15)12-23-17(21)20-8-7-19-11-14(20)4-2/h5-6,10,14,19H,3-4,7-9,11-12H2,1-2H3. The number of piperazine rings is 1. The fourth-order valence-electron chi connectivity index (χ4n) is 2.56. The second-order valence-electron chi connectivity index (χ2n) is 5.62. The third kappa shape index (κ3) is 4.82. The number of rotatable bonds is 6. The molecule has 6 heteroatoms. The Morgan fingerprint density at radius 2 is 2.26 bits per heavy atom. The number of nitrogens with one attached hydrogen (secondary N) is 1. The monoisotopic (exact) mass is 324 g/mol. The number of benzene rings is 1. The first-order valence-corrected chi connectivity index (χ1v) is 8.21. The van der Waals surface area contributed by atoms with Gasteiger partial charge in [-0.1, -0.05) is 13.8 Å². The lowest BCUT2D eigenvalue weighted by Crippen LogP contribution is -2.53. The molecule has 1 unspecified atom stereocenters.